The molecule has 2 aromatic carbocycles. The highest BCUT2D eigenvalue weighted by atomic mass is 16.5. The van der Waals surface area contributed by atoms with Crippen LogP contribution in [0.5, 0.6) is 5.75 Å². The van der Waals surface area contributed by atoms with Crippen molar-refractivity contribution in [2.24, 2.45) is 0 Å². The predicted molar refractivity (Wildman–Crippen MR) is 96.9 cm³/mol. The van der Waals surface area contributed by atoms with E-state index < -0.39 is 0 Å². The summed E-state index contributed by atoms with van der Waals surface area (Å²) in [5, 5.41) is 0. The van der Waals surface area contributed by atoms with Crippen LogP contribution in [0.3, 0.4) is 0 Å². The Morgan fingerprint density at radius 3 is 2.50 bits per heavy atom. The first-order chi connectivity index (χ1) is 11.7. The molecule has 0 unspecified atom stereocenters. The van der Waals surface area contributed by atoms with Crippen LogP contribution in [0.2, 0.25) is 0 Å². The molecule has 1 saturated carbocycles. The van der Waals surface area contributed by atoms with Gasteiger partial charge in [0.25, 0.3) is 0 Å². The van der Waals surface area contributed by atoms with Crippen molar-refractivity contribution in [3.05, 3.63) is 71.8 Å². The van der Waals surface area contributed by atoms with Gasteiger partial charge in [-0.3, -0.25) is 0 Å². The molecule has 0 saturated heterocycles. The van der Waals surface area contributed by atoms with Crippen LogP contribution in [-0.2, 0) is 11.3 Å². The highest BCUT2D eigenvalue weighted by Gasteiger charge is 2.32. The van der Waals surface area contributed by atoms with E-state index in [-0.39, 0.29) is 0 Å². The molecule has 0 N–H and O–H groups in total. The summed E-state index contributed by atoms with van der Waals surface area (Å²) in [4.78, 5) is 2.14. The third-order valence-corrected chi connectivity index (χ3v) is 4.37. The lowest BCUT2D eigenvalue weighted by atomic mass is 9.77. The molecule has 0 spiro atoms. The van der Waals surface area contributed by atoms with Crippen LogP contribution in [0.1, 0.15) is 29.9 Å². The SMILES string of the molecule is CN(C)CCO[C]1CC(c2cccc(OCc3ccccc3)c2)C1. The van der Waals surface area contributed by atoms with Crippen molar-refractivity contribution in [1.82, 2.24) is 4.90 Å². The second-order valence-corrected chi connectivity index (χ2v) is 6.64. The summed E-state index contributed by atoms with van der Waals surface area (Å²) >= 11 is 0. The molecule has 2 aromatic rings. The summed E-state index contributed by atoms with van der Waals surface area (Å²) in [6.45, 7) is 2.37. The van der Waals surface area contributed by atoms with Crippen molar-refractivity contribution in [2.75, 3.05) is 27.2 Å². The molecule has 1 radical (unpaired) electrons. The van der Waals surface area contributed by atoms with Gasteiger partial charge in [0.05, 0.1) is 12.7 Å². The normalized spacial score (nSPS) is 15.5. The molecule has 1 fully saturated rings. The lowest BCUT2D eigenvalue weighted by Gasteiger charge is -2.34. The zero-order valence-electron chi connectivity index (χ0n) is 14.6. The first-order valence-electron chi connectivity index (χ1n) is 8.59. The largest absolute Gasteiger partial charge is 0.489 e. The third kappa shape index (κ3) is 4.83. The van der Waals surface area contributed by atoms with Crippen molar-refractivity contribution in [2.45, 2.75) is 25.4 Å². The Morgan fingerprint density at radius 1 is 0.958 bits per heavy atom. The van der Waals surface area contributed by atoms with Gasteiger partial charge in [0, 0.05) is 6.54 Å². The minimum absolute atomic E-state index is 0.569. The van der Waals surface area contributed by atoms with E-state index in [0.717, 1.165) is 31.7 Å². The number of nitrogens with zero attached hydrogens (tertiary/aromatic N) is 1. The second kappa shape index (κ2) is 8.32. The smallest absolute Gasteiger partial charge is 0.120 e. The Labute approximate surface area is 145 Å². The number of ether oxygens (including phenoxy) is 2. The quantitative estimate of drug-likeness (QED) is 0.724. The fraction of sp³-hybridized carbons (Fsp3) is 0.381. The van der Waals surface area contributed by atoms with Crippen LogP contribution >= 0.6 is 0 Å². The second-order valence-electron chi connectivity index (χ2n) is 6.64. The Bertz CT molecular complexity index is 621. The zero-order chi connectivity index (χ0) is 16.8. The van der Waals surface area contributed by atoms with Crippen molar-refractivity contribution in [3.8, 4) is 5.75 Å². The molecular weight excluding hydrogens is 298 g/mol. The van der Waals surface area contributed by atoms with Gasteiger partial charge in [0.2, 0.25) is 0 Å². The molecule has 24 heavy (non-hydrogen) atoms. The van der Waals surface area contributed by atoms with Crippen LogP contribution in [-0.4, -0.2) is 32.1 Å². The first kappa shape index (κ1) is 17.0. The summed E-state index contributed by atoms with van der Waals surface area (Å²) in [5.74, 6) is 1.51. The minimum atomic E-state index is 0.569. The van der Waals surface area contributed by atoms with E-state index in [1.165, 1.54) is 17.2 Å². The number of hydrogen-bond acceptors (Lipinski definition) is 3. The maximum Gasteiger partial charge on any atom is 0.120 e. The molecule has 0 aromatic heterocycles. The predicted octanol–water partition coefficient (Wildman–Crippen LogP) is 4.25. The van der Waals surface area contributed by atoms with Crippen molar-refractivity contribution in [3.63, 3.8) is 0 Å². The summed E-state index contributed by atoms with van der Waals surface area (Å²) in [6.07, 6.45) is 3.31. The van der Waals surface area contributed by atoms with Gasteiger partial charge in [-0.1, -0.05) is 42.5 Å². The van der Waals surface area contributed by atoms with Crippen molar-refractivity contribution >= 4 is 0 Å². The number of hydrogen-bond donors (Lipinski definition) is 0. The van der Waals surface area contributed by atoms with Gasteiger partial charge in [0.15, 0.2) is 0 Å². The lowest BCUT2D eigenvalue weighted by molar-refractivity contribution is 0.0702. The van der Waals surface area contributed by atoms with Crippen molar-refractivity contribution in [1.29, 1.82) is 0 Å². The molecule has 0 bridgehead atoms. The molecular formula is C21H26NO2. The third-order valence-electron chi connectivity index (χ3n) is 4.37. The molecule has 1 aliphatic carbocycles. The zero-order valence-corrected chi connectivity index (χ0v) is 14.6. The standard InChI is InChI=1S/C21H26NO2/c1-22(2)11-12-23-21-14-19(15-21)18-9-6-10-20(13-18)24-16-17-7-4-3-5-8-17/h3-10,13,19H,11-12,14-16H2,1-2H3. The Kier molecular flexibility index (Phi) is 5.89. The average molecular weight is 324 g/mol. The van der Waals surface area contributed by atoms with Crippen LogP contribution in [0.15, 0.2) is 54.6 Å². The van der Waals surface area contributed by atoms with Gasteiger partial charge in [-0.15, -0.1) is 0 Å². The van der Waals surface area contributed by atoms with E-state index in [4.69, 9.17) is 9.47 Å². The summed E-state index contributed by atoms with van der Waals surface area (Å²) in [5.41, 5.74) is 2.54. The molecule has 3 nitrogen and oxygen atoms in total. The van der Waals surface area contributed by atoms with E-state index in [0.29, 0.717) is 12.5 Å². The molecule has 3 heteroatoms. The number of benzene rings is 2. The fourth-order valence-corrected chi connectivity index (χ4v) is 2.82. The summed E-state index contributed by atoms with van der Waals surface area (Å²) in [6, 6.07) is 18.7. The monoisotopic (exact) mass is 324 g/mol. The molecule has 0 aliphatic heterocycles. The summed E-state index contributed by atoms with van der Waals surface area (Å²) in [7, 11) is 4.14. The van der Waals surface area contributed by atoms with Gasteiger partial charge in [-0.2, -0.15) is 0 Å². The van der Waals surface area contributed by atoms with Crippen LogP contribution in [0, 0.1) is 6.10 Å². The molecule has 0 amide bonds. The van der Waals surface area contributed by atoms with Gasteiger partial charge >= 0.3 is 0 Å². The van der Waals surface area contributed by atoms with Crippen LogP contribution in [0.4, 0.5) is 0 Å². The Morgan fingerprint density at radius 2 is 1.75 bits per heavy atom. The highest BCUT2D eigenvalue weighted by molar-refractivity contribution is 5.33. The van der Waals surface area contributed by atoms with E-state index in [1.54, 1.807) is 0 Å². The maximum atomic E-state index is 5.93. The maximum absolute atomic E-state index is 5.93. The van der Waals surface area contributed by atoms with Gasteiger partial charge < -0.3 is 14.4 Å². The van der Waals surface area contributed by atoms with Crippen molar-refractivity contribution < 1.29 is 9.47 Å². The van der Waals surface area contributed by atoms with E-state index in [1.807, 2.05) is 24.3 Å². The van der Waals surface area contributed by atoms with Crippen LogP contribution < -0.4 is 4.74 Å². The molecule has 0 atom stereocenters. The fourth-order valence-electron chi connectivity index (χ4n) is 2.82. The number of rotatable bonds is 8. The van der Waals surface area contributed by atoms with E-state index in [9.17, 15) is 0 Å². The highest BCUT2D eigenvalue weighted by Crippen LogP contribution is 2.44. The van der Waals surface area contributed by atoms with Gasteiger partial charge in [0.1, 0.15) is 12.4 Å². The molecule has 127 valence electrons. The lowest BCUT2D eigenvalue weighted by Crippen LogP contribution is -2.26. The Balaban J connectivity index is 1.46. The topological polar surface area (TPSA) is 21.7 Å². The van der Waals surface area contributed by atoms with E-state index >= 15 is 0 Å². The minimum Gasteiger partial charge on any atom is -0.489 e. The first-order valence-corrected chi connectivity index (χ1v) is 8.59. The molecule has 0 heterocycles. The molecule has 3 rings (SSSR count). The Hall–Kier alpha value is -1.84. The number of likely N-dealkylation sites (N-methyl/N-ethyl adjacent to an activating group) is 1. The van der Waals surface area contributed by atoms with Gasteiger partial charge in [-0.05, 0) is 56.1 Å². The molecule has 1 aliphatic rings. The van der Waals surface area contributed by atoms with Gasteiger partial charge in [-0.25, -0.2) is 0 Å². The average Bonchev–Trinajstić information content (AvgIpc) is 2.56. The van der Waals surface area contributed by atoms with Crippen LogP contribution in [0.25, 0.3) is 0 Å². The summed E-state index contributed by atoms with van der Waals surface area (Å²) < 4.78 is 11.7. The van der Waals surface area contributed by atoms with E-state index in [2.05, 4.69) is 49.3 Å².